The van der Waals surface area contributed by atoms with Crippen LogP contribution in [0, 0.1) is 0 Å². The van der Waals surface area contributed by atoms with Crippen molar-refractivity contribution in [3.8, 4) is 0 Å². The molecule has 16 heavy (non-hydrogen) atoms. The number of methoxy groups -OCH3 is 1. The molecule has 1 heterocycles. The van der Waals surface area contributed by atoms with E-state index in [4.69, 9.17) is 16.2 Å². The van der Waals surface area contributed by atoms with E-state index >= 15 is 0 Å². The summed E-state index contributed by atoms with van der Waals surface area (Å²) >= 11 is 0. The van der Waals surface area contributed by atoms with Gasteiger partial charge in [-0.1, -0.05) is 18.9 Å². The second-order valence-electron chi connectivity index (χ2n) is 4.43. The van der Waals surface area contributed by atoms with Crippen LogP contribution in [0.5, 0.6) is 0 Å². The minimum absolute atomic E-state index is 0.186. The van der Waals surface area contributed by atoms with Crippen LogP contribution in [0.1, 0.15) is 37.3 Å². The third kappa shape index (κ3) is 1.79. The van der Waals surface area contributed by atoms with Gasteiger partial charge in [0.25, 0.3) is 0 Å². The van der Waals surface area contributed by atoms with Crippen LogP contribution < -0.4 is 11.5 Å². The van der Waals surface area contributed by atoms with Gasteiger partial charge in [0.2, 0.25) is 0 Å². The average molecular weight is 221 g/mol. The highest BCUT2D eigenvalue weighted by Crippen LogP contribution is 2.42. The van der Waals surface area contributed by atoms with Gasteiger partial charge in [-0.2, -0.15) is 0 Å². The minimum Gasteiger partial charge on any atom is -0.383 e. The number of pyridine rings is 1. The topological polar surface area (TPSA) is 74.2 Å². The molecule has 4 nitrogen and oxygen atoms in total. The van der Waals surface area contributed by atoms with Crippen LogP contribution >= 0.6 is 0 Å². The molecule has 0 aromatic carbocycles. The molecule has 2 rings (SSSR count). The number of aromatic nitrogens is 1. The Morgan fingerprint density at radius 2 is 2.12 bits per heavy atom. The van der Waals surface area contributed by atoms with Crippen LogP contribution in [0.3, 0.4) is 0 Å². The van der Waals surface area contributed by atoms with Crippen molar-refractivity contribution in [1.82, 2.24) is 4.98 Å². The van der Waals surface area contributed by atoms with Crippen LogP contribution in [0.15, 0.2) is 18.3 Å². The first-order valence-electron chi connectivity index (χ1n) is 5.71. The molecule has 0 bridgehead atoms. The van der Waals surface area contributed by atoms with Gasteiger partial charge >= 0.3 is 0 Å². The summed E-state index contributed by atoms with van der Waals surface area (Å²) in [7, 11) is 1.73. The van der Waals surface area contributed by atoms with Gasteiger partial charge in [-0.15, -0.1) is 0 Å². The molecule has 0 aliphatic heterocycles. The molecule has 1 saturated carbocycles. The van der Waals surface area contributed by atoms with Crippen molar-refractivity contribution in [1.29, 1.82) is 0 Å². The highest BCUT2D eigenvalue weighted by atomic mass is 16.5. The van der Waals surface area contributed by atoms with Gasteiger partial charge in [0.15, 0.2) is 0 Å². The molecule has 1 atom stereocenters. The molecule has 1 aromatic heterocycles. The maximum atomic E-state index is 6.30. The molecule has 88 valence electrons. The number of nitrogens with two attached hydrogens (primary N) is 2. The lowest BCUT2D eigenvalue weighted by Gasteiger charge is -2.34. The second kappa shape index (κ2) is 4.39. The maximum absolute atomic E-state index is 6.30. The molecular formula is C12H19N3O. The zero-order chi connectivity index (χ0) is 11.6. The number of nitrogens with zero attached hydrogens (tertiary/aromatic N) is 1. The fourth-order valence-electron chi connectivity index (χ4n) is 2.59. The summed E-state index contributed by atoms with van der Waals surface area (Å²) in [6.07, 6.45) is 6.01. The van der Waals surface area contributed by atoms with Gasteiger partial charge in [0.05, 0.1) is 11.6 Å². The quantitative estimate of drug-likeness (QED) is 0.813. The first-order valence-corrected chi connectivity index (χ1v) is 5.71. The molecule has 0 radical (unpaired) electrons. The van der Waals surface area contributed by atoms with E-state index in [9.17, 15) is 0 Å². The molecule has 1 unspecified atom stereocenters. The van der Waals surface area contributed by atoms with Crippen LogP contribution in [0.25, 0.3) is 0 Å². The predicted molar refractivity (Wildman–Crippen MR) is 63.8 cm³/mol. The third-order valence-corrected chi connectivity index (χ3v) is 3.63. The van der Waals surface area contributed by atoms with Gasteiger partial charge in [-0.3, -0.25) is 0 Å². The first kappa shape index (κ1) is 11.4. The van der Waals surface area contributed by atoms with Crippen molar-refractivity contribution in [2.75, 3.05) is 12.8 Å². The van der Waals surface area contributed by atoms with E-state index in [-0.39, 0.29) is 11.6 Å². The summed E-state index contributed by atoms with van der Waals surface area (Å²) in [6, 6.07) is 3.62. The number of hydrogen-bond donors (Lipinski definition) is 2. The zero-order valence-corrected chi connectivity index (χ0v) is 9.65. The highest BCUT2D eigenvalue weighted by molar-refractivity contribution is 5.42. The van der Waals surface area contributed by atoms with E-state index in [2.05, 4.69) is 4.98 Å². The van der Waals surface area contributed by atoms with Gasteiger partial charge < -0.3 is 16.2 Å². The Bertz CT molecular complexity index is 361. The van der Waals surface area contributed by atoms with Crippen molar-refractivity contribution in [3.05, 3.63) is 23.9 Å². The number of ether oxygens (including phenoxy) is 1. The minimum atomic E-state index is -0.253. The Morgan fingerprint density at radius 1 is 1.44 bits per heavy atom. The smallest absolute Gasteiger partial charge is 0.128 e. The molecule has 1 aliphatic carbocycles. The van der Waals surface area contributed by atoms with Crippen molar-refractivity contribution < 1.29 is 4.74 Å². The van der Waals surface area contributed by atoms with Crippen molar-refractivity contribution >= 4 is 5.82 Å². The van der Waals surface area contributed by atoms with E-state index in [1.165, 1.54) is 12.8 Å². The lowest BCUT2D eigenvalue weighted by atomic mass is 9.87. The number of anilines is 1. The molecule has 4 N–H and O–H groups in total. The molecule has 0 saturated heterocycles. The van der Waals surface area contributed by atoms with Crippen LogP contribution in [-0.2, 0) is 4.74 Å². The maximum Gasteiger partial charge on any atom is 0.128 e. The standard InChI is InChI=1S/C12H19N3O/c1-16-12(6-2-3-7-12)10(13)9-5-4-8-15-11(9)14/h4-5,8,10H,2-3,6-7,13H2,1H3,(H2,14,15). The van der Waals surface area contributed by atoms with Crippen LogP contribution in [-0.4, -0.2) is 17.7 Å². The average Bonchev–Trinajstić information content (AvgIpc) is 2.78. The summed E-state index contributed by atoms with van der Waals surface area (Å²) in [5.74, 6) is 0.512. The lowest BCUT2D eigenvalue weighted by molar-refractivity contribution is -0.0263. The SMILES string of the molecule is COC1(C(N)c2cccnc2N)CCCC1. The summed E-state index contributed by atoms with van der Waals surface area (Å²) in [6.45, 7) is 0. The van der Waals surface area contributed by atoms with Crippen molar-refractivity contribution in [2.45, 2.75) is 37.3 Å². The summed E-state index contributed by atoms with van der Waals surface area (Å²) in [5, 5.41) is 0. The van der Waals surface area contributed by atoms with Gasteiger partial charge in [-0.05, 0) is 18.9 Å². The first-order chi connectivity index (χ1) is 7.69. The number of hydrogen-bond acceptors (Lipinski definition) is 4. The van der Waals surface area contributed by atoms with E-state index in [1.807, 2.05) is 12.1 Å². The Kier molecular flexibility index (Phi) is 3.12. The monoisotopic (exact) mass is 221 g/mol. The van der Waals surface area contributed by atoms with Gasteiger partial charge in [0.1, 0.15) is 5.82 Å². The fraction of sp³-hybridized carbons (Fsp3) is 0.583. The number of rotatable bonds is 3. The van der Waals surface area contributed by atoms with Gasteiger partial charge in [-0.25, -0.2) is 4.98 Å². The van der Waals surface area contributed by atoms with E-state index < -0.39 is 0 Å². The second-order valence-corrected chi connectivity index (χ2v) is 4.43. The van der Waals surface area contributed by atoms with E-state index in [1.54, 1.807) is 13.3 Å². The zero-order valence-electron chi connectivity index (χ0n) is 9.65. The lowest BCUT2D eigenvalue weighted by Crippen LogP contribution is -2.41. The van der Waals surface area contributed by atoms with E-state index in [0.29, 0.717) is 5.82 Å². The summed E-state index contributed by atoms with van der Waals surface area (Å²) in [5.41, 5.74) is 12.8. The molecule has 1 aromatic rings. The fourth-order valence-corrected chi connectivity index (χ4v) is 2.59. The molecule has 4 heteroatoms. The largest absolute Gasteiger partial charge is 0.383 e. The van der Waals surface area contributed by atoms with Gasteiger partial charge in [0, 0.05) is 18.9 Å². The third-order valence-electron chi connectivity index (χ3n) is 3.63. The molecule has 1 aliphatic rings. The van der Waals surface area contributed by atoms with Crippen LogP contribution in [0.4, 0.5) is 5.82 Å². The number of nitrogen functional groups attached to an aromatic ring is 1. The predicted octanol–water partition coefficient (Wildman–Crippen LogP) is 1.62. The molecule has 0 spiro atoms. The Morgan fingerprint density at radius 3 is 2.69 bits per heavy atom. The Labute approximate surface area is 96.0 Å². The highest BCUT2D eigenvalue weighted by Gasteiger charge is 2.41. The molecular weight excluding hydrogens is 202 g/mol. The Hall–Kier alpha value is -1.13. The molecule has 0 amide bonds. The van der Waals surface area contributed by atoms with Crippen LogP contribution in [0.2, 0.25) is 0 Å². The molecule has 1 fully saturated rings. The van der Waals surface area contributed by atoms with E-state index in [0.717, 1.165) is 18.4 Å². The normalized spacial score (nSPS) is 20.9. The summed E-state index contributed by atoms with van der Waals surface area (Å²) in [4.78, 5) is 4.08. The Balaban J connectivity index is 2.30. The van der Waals surface area contributed by atoms with Crippen molar-refractivity contribution in [3.63, 3.8) is 0 Å². The summed E-state index contributed by atoms with van der Waals surface area (Å²) < 4.78 is 5.66. The van der Waals surface area contributed by atoms with Crippen molar-refractivity contribution in [2.24, 2.45) is 5.73 Å².